The number of rotatable bonds is 14. The molecule has 0 amide bonds. The van der Waals surface area contributed by atoms with Gasteiger partial charge in [0.2, 0.25) is 0 Å². The fourth-order valence-corrected chi connectivity index (χ4v) is 1.94. The molecule has 0 bridgehead atoms. The first kappa shape index (κ1) is 19.8. The molecule has 122 valence electrons. The minimum Gasteiger partial charge on any atom is -0.353 e. The molecule has 0 aliphatic heterocycles. The monoisotopic (exact) mass is 291 g/mol. The van der Waals surface area contributed by atoms with Crippen molar-refractivity contribution in [1.29, 1.82) is 0 Å². The lowest BCUT2D eigenvalue weighted by Gasteiger charge is -2.23. The highest BCUT2D eigenvalue weighted by molar-refractivity contribution is 4.57. The topological polar surface area (TPSA) is 40.2 Å². The Labute approximate surface area is 124 Å². The van der Waals surface area contributed by atoms with E-state index in [2.05, 4.69) is 11.9 Å². The van der Waals surface area contributed by atoms with E-state index in [1.807, 2.05) is 27.7 Å². The minimum absolute atomic E-state index is 0.0953. The first-order valence-electron chi connectivity index (χ1n) is 7.82. The Morgan fingerprint density at radius 3 is 1.20 bits per heavy atom. The largest absolute Gasteiger partial charge is 0.353 e. The van der Waals surface area contributed by atoms with Crippen LogP contribution in [0.3, 0.4) is 0 Å². The van der Waals surface area contributed by atoms with Crippen LogP contribution in [-0.4, -0.2) is 64.0 Å². The molecule has 0 heterocycles. The second-order valence-corrected chi connectivity index (χ2v) is 4.56. The van der Waals surface area contributed by atoms with Crippen molar-refractivity contribution in [3.05, 3.63) is 0 Å². The lowest BCUT2D eigenvalue weighted by atomic mass is 10.3. The van der Waals surface area contributed by atoms with Crippen molar-refractivity contribution in [3.63, 3.8) is 0 Å². The Bertz CT molecular complexity index is 172. The summed E-state index contributed by atoms with van der Waals surface area (Å²) < 4.78 is 22.1. The first-order valence-corrected chi connectivity index (χ1v) is 7.82. The van der Waals surface area contributed by atoms with Gasteiger partial charge < -0.3 is 23.8 Å². The molecule has 0 rings (SSSR count). The summed E-state index contributed by atoms with van der Waals surface area (Å²) in [7, 11) is 2.10. The molecule has 0 aromatic rings. The molecule has 0 saturated heterocycles. The summed E-state index contributed by atoms with van der Waals surface area (Å²) in [5.41, 5.74) is 0. The van der Waals surface area contributed by atoms with E-state index in [9.17, 15) is 0 Å². The van der Waals surface area contributed by atoms with Gasteiger partial charge in [-0.3, -0.25) is 0 Å². The smallest absolute Gasteiger partial charge is 0.158 e. The van der Waals surface area contributed by atoms with Crippen LogP contribution < -0.4 is 0 Å². The molecule has 0 N–H and O–H groups in total. The van der Waals surface area contributed by atoms with Gasteiger partial charge >= 0.3 is 0 Å². The Kier molecular flexibility index (Phi) is 13.6. The van der Waals surface area contributed by atoms with Gasteiger partial charge in [0.1, 0.15) is 0 Å². The van der Waals surface area contributed by atoms with Crippen molar-refractivity contribution in [3.8, 4) is 0 Å². The highest BCUT2D eigenvalue weighted by Crippen LogP contribution is 2.06. The first-order chi connectivity index (χ1) is 9.67. The van der Waals surface area contributed by atoms with Crippen LogP contribution in [0.4, 0.5) is 0 Å². The summed E-state index contributed by atoms with van der Waals surface area (Å²) >= 11 is 0. The van der Waals surface area contributed by atoms with Crippen LogP contribution in [0.25, 0.3) is 0 Å². The molecule has 0 atom stereocenters. The fraction of sp³-hybridized carbons (Fsp3) is 1.00. The summed E-state index contributed by atoms with van der Waals surface area (Å²) in [6.07, 6.45) is 1.57. The zero-order valence-corrected chi connectivity index (χ0v) is 13.9. The highest BCUT2D eigenvalue weighted by Gasteiger charge is 2.12. The highest BCUT2D eigenvalue weighted by atomic mass is 16.7. The maximum atomic E-state index is 5.54. The van der Waals surface area contributed by atoms with Crippen molar-refractivity contribution >= 4 is 0 Å². The third-order valence-corrected chi connectivity index (χ3v) is 2.90. The third kappa shape index (κ3) is 10.6. The van der Waals surface area contributed by atoms with Crippen LogP contribution in [-0.2, 0) is 18.9 Å². The summed E-state index contributed by atoms with van der Waals surface area (Å²) in [6, 6.07) is 0. The summed E-state index contributed by atoms with van der Waals surface area (Å²) in [6.45, 7) is 12.6. The van der Waals surface area contributed by atoms with E-state index in [0.717, 1.165) is 25.9 Å². The van der Waals surface area contributed by atoms with E-state index in [0.29, 0.717) is 26.4 Å². The quantitative estimate of drug-likeness (QED) is 0.460. The van der Waals surface area contributed by atoms with Crippen LogP contribution in [0.15, 0.2) is 0 Å². The van der Waals surface area contributed by atoms with E-state index in [4.69, 9.17) is 18.9 Å². The van der Waals surface area contributed by atoms with Crippen LogP contribution in [0.1, 0.15) is 40.5 Å². The normalized spacial score (nSPS) is 12.0. The molecule has 0 aromatic heterocycles. The van der Waals surface area contributed by atoms with Gasteiger partial charge in [-0.2, -0.15) is 0 Å². The number of hydrogen-bond acceptors (Lipinski definition) is 5. The molecule has 0 radical (unpaired) electrons. The van der Waals surface area contributed by atoms with Crippen LogP contribution in [0, 0.1) is 0 Å². The lowest BCUT2D eigenvalue weighted by molar-refractivity contribution is -0.146. The minimum atomic E-state index is -0.0953. The molecule has 0 aliphatic rings. The predicted octanol–water partition coefficient (Wildman–Crippen LogP) is 2.50. The third-order valence-electron chi connectivity index (χ3n) is 2.90. The number of nitrogens with zero attached hydrogens (tertiary/aromatic N) is 1. The van der Waals surface area contributed by atoms with Crippen LogP contribution >= 0.6 is 0 Å². The van der Waals surface area contributed by atoms with Gasteiger partial charge in [-0.1, -0.05) is 0 Å². The maximum Gasteiger partial charge on any atom is 0.158 e. The van der Waals surface area contributed by atoms with E-state index >= 15 is 0 Å². The van der Waals surface area contributed by atoms with Crippen LogP contribution in [0.2, 0.25) is 0 Å². The molecule has 0 unspecified atom stereocenters. The molecule has 0 saturated carbocycles. The molecule has 0 aliphatic carbocycles. The second kappa shape index (κ2) is 13.8. The Morgan fingerprint density at radius 2 is 0.950 bits per heavy atom. The molecule has 0 fully saturated rings. The van der Waals surface area contributed by atoms with E-state index in [1.54, 1.807) is 0 Å². The van der Waals surface area contributed by atoms with Gasteiger partial charge in [0.25, 0.3) is 0 Å². The van der Waals surface area contributed by atoms with Crippen molar-refractivity contribution in [2.24, 2.45) is 0 Å². The average molecular weight is 291 g/mol. The SMILES string of the molecule is CCOC(CCN(C)CCC(OCC)OCC)OCC. The van der Waals surface area contributed by atoms with Crippen LogP contribution in [0.5, 0.6) is 0 Å². The van der Waals surface area contributed by atoms with Gasteiger partial charge in [0, 0.05) is 52.4 Å². The Hall–Kier alpha value is -0.200. The molecule has 5 nitrogen and oxygen atoms in total. The van der Waals surface area contributed by atoms with Crippen molar-refractivity contribution in [2.75, 3.05) is 46.6 Å². The molecule has 20 heavy (non-hydrogen) atoms. The summed E-state index contributed by atoms with van der Waals surface area (Å²) in [5, 5.41) is 0. The van der Waals surface area contributed by atoms with Crippen molar-refractivity contribution in [2.45, 2.75) is 53.1 Å². The molecule has 0 spiro atoms. The maximum absolute atomic E-state index is 5.54. The van der Waals surface area contributed by atoms with E-state index < -0.39 is 0 Å². The zero-order chi connectivity index (χ0) is 15.2. The Morgan fingerprint density at radius 1 is 0.650 bits per heavy atom. The summed E-state index contributed by atoms with van der Waals surface area (Å²) in [5.74, 6) is 0. The van der Waals surface area contributed by atoms with Crippen molar-refractivity contribution in [1.82, 2.24) is 4.90 Å². The number of hydrogen-bond donors (Lipinski definition) is 0. The van der Waals surface area contributed by atoms with Gasteiger partial charge in [-0.05, 0) is 34.7 Å². The van der Waals surface area contributed by atoms with E-state index in [-0.39, 0.29) is 12.6 Å². The number of ether oxygens (including phenoxy) is 4. The van der Waals surface area contributed by atoms with Gasteiger partial charge in [0.05, 0.1) is 0 Å². The van der Waals surface area contributed by atoms with Gasteiger partial charge in [-0.25, -0.2) is 0 Å². The second-order valence-electron chi connectivity index (χ2n) is 4.56. The molecular formula is C15H33NO4. The Balaban J connectivity index is 3.86. The molecular weight excluding hydrogens is 258 g/mol. The zero-order valence-electron chi connectivity index (χ0n) is 13.9. The predicted molar refractivity (Wildman–Crippen MR) is 80.8 cm³/mol. The summed E-state index contributed by atoms with van der Waals surface area (Å²) in [4.78, 5) is 2.26. The lowest BCUT2D eigenvalue weighted by Crippen LogP contribution is -2.30. The molecule has 0 aromatic carbocycles. The average Bonchev–Trinajstić information content (AvgIpc) is 2.43. The molecule has 5 heteroatoms. The van der Waals surface area contributed by atoms with Gasteiger partial charge in [0.15, 0.2) is 12.6 Å². The van der Waals surface area contributed by atoms with Crippen molar-refractivity contribution < 1.29 is 18.9 Å². The standard InChI is InChI=1S/C15H33NO4/c1-6-17-14(18-7-2)10-12-16(5)13-11-15(19-8-3)20-9-4/h14-15H,6-13H2,1-5H3. The van der Waals surface area contributed by atoms with E-state index in [1.165, 1.54) is 0 Å². The van der Waals surface area contributed by atoms with Gasteiger partial charge in [-0.15, -0.1) is 0 Å². The fourth-order valence-electron chi connectivity index (χ4n) is 1.94.